The Morgan fingerprint density at radius 3 is 2.37 bits per heavy atom. The molecule has 180 valence electrons. The second kappa shape index (κ2) is 11.2. The summed E-state index contributed by atoms with van der Waals surface area (Å²) in [6, 6.07) is 18.3. The third kappa shape index (κ3) is 5.92. The Morgan fingerprint density at radius 2 is 1.69 bits per heavy atom. The first kappa shape index (κ1) is 23.2. The molecule has 0 aliphatic carbocycles. The summed E-state index contributed by atoms with van der Waals surface area (Å²) in [6.07, 6.45) is 9.66. The molecule has 0 saturated carbocycles. The van der Waals surface area contributed by atoms with E-state index in [1.54, 1.807) is 12.4 Å². The van der Waals surface area contributed by atoms with Crippen LogP contribution in [0.5, 0.6) is 0 Å². The third-order valence-electron chi connectivity index (χ3n) is 6.93. The quantitative estimate of drug-likeness (QED) is 0.551. The lowest BCUT2D eigenvalue weighted by atomic mass is 9.95. The Bertz CT molecular complexity index is 1100. The SMILES string of the molecule is O=C(C1CCN(c2ccc(-c3cccnc3)nn2)CC1)N1CCN(C/C=C/c2ccccc2)CC1. The highest BCUT2D eigenvalue weighted by atomic mass is 16.2. The van der Waals surface area contributed by atoms with Gasteiger partial charge < -0.3 is 9.80 Å². The van der Waals surface area contributed by atoms with Gasteiger partial charge in [0, 0.05) is 69.7 Å². The smallest absolute Gasteiger partial charge is 0.225 e. The number of pyridine rings is 1. The van der Waals surface area contributed by atoms with E-state index in [0.29, 0.717) is 5.91 Å². The first-order valence-corrected chi connectivity index (χ1v) is 12.5. The fraction of sp³-hybridized carbons (Fsp3) is 0.357. The molecule has 4 heterocycles. The Morgan fingerprint density at radius 1 is 0.886 bits per heavy atom. The van der Waals surface area contributed by atoms with Crippen molar-refractivity contribution < 1.29 is 4.79 Å². The fourth-order valence-electron chi connectivity index (χ4n) is 4.83. The van der Waals surface area contributed by atoms with Crippen LogP contribution in [0.2, 0.25) is 0 Å². The Balaban J connectivity index is 1.06. The Kier molecular flexibility index (Phi) is 7.44. The topological polar surface area (TPSA) is 65.5 Å². The van der Waals surface area contributed by atoms with Crippen molar-refractivity contribution in [2.45, 2.75) is 12.8 Å². The number of nitrogens with zero attached hydrogens (tertiary/aromatic N) is 6. The van der Waals surface area contributed by atoms with Gasteiger partial charge in [-0.1, -0.05) is 42.5 Å². The lowest BCUT2D eigenvalue weighted by Crippen LogP contribution is -2.51. The number of amides is 1. The van der Waals surface area contributed by atoms with Gasteiger partial charge in [-0.15, -0.1) is 10.2 Å². The lowest BCUT2D eigenvalue weighted by molar-refractivity contribution is -0.137. The number of benzene rings is 1. The number of piperidine rings is 1. The minimum Gasteiger partial charge on any atom is -0.355 e. The monoisotopic (exact) mass is 468 g/mol. The predicted molar refractivity (Wildman–Crippen MR) is 139 cm³/mol. The van der Waals surface area contributed by atoms with E-state index in [0.717, 1.165) is 75.7 Å². The van der Waals surface area contributed by atoms with Gasteiger partial charge in [0.15, 0.2) is 5.82 Å². The van der Waals surface area contributed by atoms with Gasteiger partial charge in [-0.05, 0) is 42.7 Å². The minimum atomic E-state index is 0.110. The van der Waals surface area contributed by atoms with E-state index < -0.39 is 0 Å². The van der Waals surface area contributed by atoms with Gasteiger partial charge in [0.05, 0.1) is 5.69 Å². The van der Waals surface area contributed by atoms with Crippen LogP contribution < -0.4 is 4.90 Å². The maximum Gasteiger partial charge on any atom is 0.225 e. The number of anilines is 1. The molecular weight excluding hydrogens is 436 g/mol. The molecule has 0 spiro atoms. The predicted octanol–water partition coefficient (Wildman–Crippen LogP) is 3.61. The lowest BCUT2D eigenvalue weighted by Gasteiger charge is -2.38. The molecular formula is C28H32N6O. The van der Waals surface area contributed by atoms with Crippen molar-refractivity contribution in [1.29, 1.82) is 0 Å². The number of hydrogen-bond acceptors (Lipinski definition) is 6. The van der Waals surface area contributed by atoms with Crippen LogP contribution in [0, 0.1) is 5.92 Å². The maximum absolute atomic E-state index is 13.1. The molecule has 0 N–H and O–H groups in total. The zero-order valence-electron chi connectivity index (χ0n) is 20.0. The standard InChI is InChI=1S/C28H32N6O/c35-28(34-20-18-32(19-21-34)15-5-8-23-6-2-1-3-7-23)24-12-16-33(17-13-24)27-11-10-26(30-31-27)25-9-4-14-29-22-25/h1-11,14,22,24H,12-13,15-21H2/b8-5+. The fourth-order valence-corrected chi connectivity index (χ4v) is 4.83. The maximum atomic E-state index is 13.1. The van der Waals surface area contributed by atoms with Crippen LogP contribution in [0.3, 0.4) is 0 Å². The Hall–Kier alpha value is -3.58. The minimum absolute atomic E-state index is 0.110. The highest BCUT2D eigenvalue weighted by Crippen LogP contribution is 2.25. The summed E-state index contributed by atoms with van der Waals surface area (Å²) in [6.45, 7) is 6.10. The molecule has 1 aromatic carbocycles. The number of rotatable bonds is 6. The number of aromatic nitrogens is 3. The molecule has 5 rings (SSSR count). The number of carbonyl (C=O) groups excluding carboxylic acids is 1. The van der Waals surface area contributed by atoms with E-state index in [9.17, 15) is 4.79 Å². The largest absolute Gasteiger partial charge is 0.355 e. The zero-order chi connectivity index (χ0) is 23.9. The van der Waals surface area contributed by atoms with Gasteiger partial charge in [-0.25, -0.2) is 0 Å². The normalized spacial score (nSPS) is 17.7. The first-order valence-electron chi connectivity index (χ1n) is 12.5. The van der Waals surface area contributed by atoms with Crippen molar-refractivity contribution in [3.05, 3.63) is 78.6 Å². The van der Waals surface area contributed by atoms with Gasteiger partial charge in [-0.3, -0.25) is 14.7 Å². The summed E-state index contributed by atoms with van der Waals surface area (Å²) in [7, 11) is 0. The molecule has 0 radical (unpaired) electrons. The van der Waals surface area contributed by atoms with Gasteiger partial charge in [0.2, 0.25) is 5.91 Å². The molecule has 2 aromatic heterocycles. The van der Waals surface area contributed by atoms with Crippen molar-refractivity contribution in [2.24, 2.45) is 5.92 Å². The highest BCUT2D eigenvalue weighted by molar-refractivity contribution is 5.79. The van der Waals surface area contributed by atoms with E-state index in [4.69, 9.17) is 0 Å². The summed E-state index contributed by atoms with van der Waals surface area (Å²) >= 11 is 0. The van der Waals surface area contributed by atoms with Crippen molar-refractivity contribution >= 4 is 17.8 Å². The van der Waals surface area contributed by atoms with Crippen molar-refractivity contribution in [2.75, 3.05) is 50.7 Å². The summed E-state index contributed by atoms with van der Waals surface area (Å²) in [5, 5.41) is 8.81. The molecule has 3 aromatic rings. The number of carbonyl (C=O) groups is 1. The average Bonchev–Trinajstić information content (AvgIpc) is 2.94. The van der Waals surface area contributed by atoms with Crippen LogP contribution in [0.15, 0.2) is 73.1 Å². The van der Waals surface area contributed by atoms with Gasteiger partial charge in [-0.2, -0.15) is 0 Å². The van der Waals surface area contributed by atoms with E-state index in [2.05, 4.69) is 66.3 Å². The zero-order valence-corrected chi connectivity index (χ0v) is 20.0. The van der Waals surface area contributed by atoms with E-state index in [1.165, 1.54) is 5.56 Å². The second-order valence-corrected chi connectivity index (χ2v) is 9.22. The van der Waals surface area contributed by atoms with Crippen LogP contribution in [0.25, 0.3) is 17.3 Å². The van der Waals surface area contributed by atoms with Gasteiger partial charge in [0.1, 0.15) is 0 Å². The second-order valence-electron chi connectivity index (χ2n) is 9.22. The van der Waals surface area contributed by atoms with Gasteiger partial charge in [0.25, 0.3) is 0 Å². The molecule has 2 fully saturated rings. The molecule has 7 nitrogen and oxygen atoms in total. The van der Waals surface area contributed by atoms with Crippen LogP contribution in [-0.4, -0.2) is 76.7 Å². The molecule has 2 saturated heterocycles. The van der Waals surface area contributed by atoms with E-state index >= 15 is 0 Å². The van der Waals surface area contributed by atoms with Crippen molar-refractivity contribution in [3.63, 3.8) is 0 Å². The van der Waals surface area contributed by atoms with Crippen LogP contribution in [0.4, 0.5) is 5.82 Å². The van der Waals surface area contributed by atoms with E-state index in [1.807, 2.05) is 30.3 Å². The van der Waals surface area contributed by atoms with Crippen molar-refractivity contribution in [1.82, 2.24) is 25.0 Å². The Labute approximate surface area is 207 Å². The molecule has 1 amide bonds. The molecule has 0 bridgehead atoms. The number of piperazine rings is 1. The van der Waals surface area contributed by atoms with Crippen LogP contribution >= 0.6 is 0 Å². The first-order chi connectivity index (χ1) is 17.3. The summed E-state index contributed by atoms with van der Waals surface area (Å²) in [5.41, 5.74) is 3.01. The van der Waals surface area contributed by atoms with Crippen LogP contribution in [0.1, 0.15) is 18.4 Å². The average molecular weight is 469 g/mol. The third-order valence-corrected chi connectivity index (χ3v) is 6.93. The summed E-state index contributed by atoms with van der Waals surface area (Å²) < 4.78 is 0. The molecule has 7 heteroatoms. The van der Waals surface area contributed by atoms with E-state index in [-0.39, 0.29) is 5.92 Å². The molecule has 2 aliphatic heterocycles. The molecule has 35 heavy (non-hydrogen) atoms. The molecule has 0 atom stereocenters. The number of hydrogen-bond donors (Lipinski definition) is 0. The summed E-state index contributed by atoms with van der Waals surface area (Å²) in [4.78, 5) is 24.0. The van der Waals surface area contributed by atoms with Gasteiger partial charge >= 0.3 is 0 Å². The van der Waals surface area contributed by atoms with Crippen LogP contribution in [-0.2, 0) is 4.79 Å². The van der Waals surface area contributed by atoms with Crippen molar-refractivity contribution in [3.8, 4) is 11.3 Å². The molecule has 0 unspecified atom stereocenters. The highest BCUT2D eigenvalue weighted by Gasteiger charge is 2.30. The molecule has 2 aliphatic rings. The summed E-state index contributed by atoms with van der Waals surface area (Å²) in [5.74, 6) is 1.31.